The molecular formula is C11H14Br2O. The first-order valence-electron chi connectivity index (χ1n) is 4.63. The van der Waals surface area contributed by atoms with Crippen LogP contribution in [0.4, 0.5) is 0 Å². The molecule has 1 aromatic rings. The second kappa shape index (κ2) is 5.29. The fourth-order valence-corrected chi connectivity index (χ4v) is 2.23. The predicted molar refractivity (Wildman–Crippen MR) is 66.3 cm³/mol. The highest BCUT2D eigenvalue weighted by molar-refractivity contribution is 9.11. The zero-order valence-corrected chi connectivity index (χ0v) is 11.5. The van der Waals surface area contributed by atoms with E-state index in [0.29, 0.717) is 5.92 Å². The third-order valence-electron chi connectivity index (χ3n) is 2.01. The van der Waals surface area contributed by atoms with Crippen molar-refractivity contribution >= 4 is 31.9 Å². The van der Waals surface area contributed by atoms with Gasteiger partial charge in [-0.2, -0.15) is 0 Å². The smallest absolute Gasteiger partial charge is 0.0803 e. The molecule has 1 unspecified atom stereocenters. The van der Waals surface area contributed by atoms with Gasteiger partial charge < -0.3 is 5.11 Å². The average Bonchev–Trinajstić information content (AvgIpc) is 2.08. The molecule has 0 amide bonds. The van der Waals surface area contributed by atoms with Gasteiger partial charge in [0.15, 0.2) is 0 Å². The Hall–Kier alpha value is 0.140. The van der Waals surface area contributed by atoms with Gasteiger partial charge in [-0.1, -0.05) is 45.7 Å². The Labute approximate surface area is 102 Å². The molecular weight excluding hydrogens is 308 g/mol. The molecule has 1 N–H and O–H groups in total. The molecule has 14 heavy (non-hydrogen) atoms. The van der Waals surface area contributed by atoms with Crippen LogP contribution in [0, 0.1) is 5.92 Å². The Kier molecular flexibility index (Phi) is 4.61. The molecule has 0 saturated heterocycles. The van der Waals surface area contributed by atoms with Gasteiger partial charge in [0.25, 0.3) is 0 Å². The van der Waals surface area contributed by atoms with Crippen LogP contribution in [0.5, 0.6) is 0 Å². The minimum atomic E-state index is -0.387. The molecule has 1 rings (SSSR count). The Morgan fingerprint density at radius 3 is 2.50 bits per heavy atom. The summed E-state index contributed by atoms with van der Waals surface area (Å²) < 4.78 is 1.97. The van der Waals surface area contributed by atoms with Crippen LogP contribution in [0.1, 0.15) is 31.9 Å². The van der Waals surface area contributed by atoms with Gasteiger partial charge in [-0.25, -0.2) is 0 Å². The monoisotopic (exact) mass is 320 g/mol. The maximum Gasteiger partial charge on any atom is 0.0803 e. The van der Waals surface area contributed by atoms with Crippen molar-refractivity contribution in [2.75, 3.05) is 0 Å². The van der Waals surface area contributed by atoms with Crippen LogP contribution < -0.4 is 0 Å². The number of hydrogen-bond donors (Lipinski definition) is 1. The van der Waals surface area contributed by atoms with Gasteiger partial charge >= 0.3 is 0 Å². The fourth-order valence-electron chi connectivity index (χ4n) is 1.34. The van der Waals surface area contributed by atoms with Crippen molar-refractivity contribution in [1.29, 1.82) is 0 Å². The first-order valence-corrected chi connectivity index (χ1v) is 6.22. The van der Waals surface area contributed by atoms with E-state index in [2.05, 4.69) is 45.7 Å². The number of benzene rings is 1. The highest BCUT2D eigenvalue weighted by atomic mass is 79.9. The van der Waals surface area contributed by atoms with Crippen LogP contribution in [-0.4, -0.2) is 5.11 Å². The molecule has 78 valence electrons. The number of aliphatic hydroxyl groups is 1. The van der Waals surface area contributed by atoms with Crippen molar-refractivity contribution in [2.24, 2.45) is 5.92 Å². The Bertz CT molecular complexity index is 310. The molecule has 0 spiro atoms. The standard InChI is InChI=1S/C11H14Br2O/c1-7(2)5-11(14)9-6-8(12)3-4-10(9)13/h3-4,6-7,11,14H,5H2,1-2H3. The number of aliphatic hydroxyl groups excluding tert-OH is 1. The average molecular weight is 322 g/mol. The second-order valence-electron chi connectivity index (χ2n) is 3.81. The summed E-state index contributed by atoms with van der Waals surface area (Å²) in [4.78, 5) is 0. The van der Waals surface area contributed by atoms with Gasteiger partial charge in [0, 0.05) is 8.95 Å². The lowest BCUT2D eigenvalue weighted by Crippen LogP contribution is -2.02. The van der Waals surface area contributed by atoms with Gasteiger partial charge in [0.1, 0.15) is 0 Å². The first kappa shape index (κ1) is 12.2. The number of hydrogen-bond acceptors (Lipinski definition) is 1. The molecule has 1 aromatic carbocycles. The summed E-state index contributed by atoms with van der Waals surface area (Å²) in [6, 6.07) is 5.86. The topological polar surface area (TPSA) is 20.2 Å². The normalized spacial score (nSPS) is 13.3. The number of halogens is 2. The van der Waals surface area contributed by atoms with Crippen molar-refractivity contribution in [2.45, 2.75) is 26.4 Å². The fraction of sp³-hybridized carbons (Fsp3) is 0.455. The van der Waals surface area contributed by atoms with Gasteiger partial charge in [0.2, 0.25) is 0 Å². The van der Waals surface area contributed by atoms with E-state index in [9.17, 15) is 5.11 Å². The Morgan fingerprint density at radius 2 is 1.93 bits per heavy atom. The lowest BCUT2D eigenvalue weighted by molar-refractivity contribution is 0.150. The lowest BCUT2D eigenvalue weighted by Gasteiger charge is -2.15. The van der Waals surface area contributed by atoms with Crippen molar-refractivity contribution in [1.82, 2.24) is 0 Å². The number of rotatable bonds is 3. The molecule has 0 aliphatic heterocycles. The molecule has 3 heteroatoms. The molecule has 0 aliphatic carbocycles. The summed E-state index contributed by atoms with van der Waals surface area (Å²) >= 11 is 6.84. The van der Waals surface area contributed by atoms with Gasteiger partial charge in [-0.3, -0.25) is 0 Å². The maximum absolute atomic E-state index is 9.95. The quantitative estimate of drug-likeness (QED) is 0.880. The Balaban J connectivity index is 2.88. The summed E-state index contributed by atoms with van der Waals surface area (Å²) in [5, 5.41) is 9.95. The van der Waals surface area contributed by atoms with E-state index >= 15 is 0 Å². The van der Waals surface area contributed by atoms with Crippen molar-refractivity contribution in [3.63, 3.8) is 0 Å². The minimum Gasteiger partial charge on any atom is -0.388 e. The third kappa shape index (κ3) is 3.37. The van der Waals surface area contributed by atoms with E-state index in [-0.39, 0.29) is 6.10 Å². The van der Waals surface area contributed by atoms with Crippen LogP contribution in [0.15, 0.2) is 27.1 Å². The van der Waals surface area contributed by atoms with Gasteiger partial charge in [-0.15, -0.1) is 0 Å². The first-order chi connectivity index (χ1) is 6.50. The summed E-state index contributed by atoms with van der Waals surface area (Å²) in [6.07, 6.45) is 0.400. The summed E-state index contributed by atoms with van der Waals surface area (Å²) in [5.41, 5.74) is 0.952. The van der Waals surface area contributed by atoms with Crippen LogP contribution in [0.25, 0.3) is 0 Å². The highest BCUT2D eigenvalue weighted by Crippen LogP contribution is 2.30. The third-order valence-corrected chi connectivity index (χ3v) is 3.23. The molecule has 0 heterocycles. The Morgan fingerprint density at radius 1 is 1.29 bits per heavy atom. The van der Waals surface area contributed by atoms with Crippen LogP contribution in [0.2, 0.25) is 0 Å². The lowest BCUT2D eigenvalue weighted by atomic mass is 10.00. The molecule has 0 radical (unpaired) electrons. The summed E-state index contributed by atoms with van der Waals surface area (Å²) in [7, 11) is 0. The molecule has 0 aromatic heterocycles. The van der Waals surface area contributed by atoms with E-state index in [4.69, 9.17) is 0 Å². The summed E-state index contributed by atoms with van der Waals surface area (Å²) in [6.45, 7) is 4.21. The minimum absolute atomic E-state index is 0.387. The van der Waals surface area contributed by atoms with E-state index < -0.39 is 0 Å². The van der Waals surface area contributed by atoms with Gasteiger partial charge in [0.05, 0.1) is 6.10 Å². The molecule has 0 fully saturated rings. The van der Waals surface area contributed by atoms with E-state index in [1.165, 1.54) is 0 Å². The second-order valence-corrected chi connectivity index (χ2v) is 5.58. The zero-order valence-electron chi connectivity index (χ0n) is 8.30. The SMILES string of the molecule is CC(C)CC(O)c1cc(Br)ccc1Br. The highest BCUT2D eigenvalue weighted by Gasteiger charge is 2.13. The molecule has 1 atom stereocenters. The largest absolute Gasteiger partial charge is 0.388 e. The van der Waals surface area contributed by atoms with E-state index in [0.717, 1.165) is 20.9 Å². The molecule has 0 aliphatic rings. The maximum atomic E-state index is 9.95. The molecule has 0 saturated carbocycles. The predicted octanol–water partition coefficient (Wildman–Crippen LogP) is 4.29. The van der Waals surface area contributed by atoms with Crippen molar-refractivity contribution < 1.29 is 5.11 Å². The van der Waals surface area contributed by atoms with Crippen LogP contribution >= 0.6 is 31.9 Å². The molecule has 0 bridgehead atoms. The van der Waals surface area contributed by atoms with Crippen LogP contribution in [-0.2, 0) is 0 Å². The van der Waals surface area contributed by atoms with Gasteiger partial charge in [-0.05, 0) is 36.1 Å². The van der Waals surface area contributed by atoms with Crippen molar-refractivity contribution in [3.05, 3.63) is 32.7 Å². The van der Waals surface area contributed by atoms with E-state index in [1.807, 2.05) is 18.2 Å². The zero-order chi connectivity index (χ0) is 10.7. The van der Waals surface area contributed by atoms with Crippen LogP contribution in [0.3, 0.4) is 0 Å². The molecule has 1 nitrogen and oxygen atoms in total. The van der Waals surface area contributed by atoms with Crippen molar-refractivity contribution in [3.8, 4) is 0 Å². The van der Waals surface area contributed by atoms with E-state index in [1.54, 1.807) is 0 Å². The summed E-state index contributed by atoms with van der Waals surface area (Å²) in [5.74, 6) is 0.496.